The Kier molecular flexibility index (Phi) is 7.48. The first kappa shape index (κ1) is 23.3. The minimum atomic E-state index is -0.608. The maximum Gasteiger partial charge on any atom is 0.341 e. The van der Waals surface area contributed by atoms with Crippen LogP contribution in [0.25, 0.3) is 10.8 Å². The van der Waals surface area contributed by atoms with Gasteiger partial charge in [-0.3, -0.25) is 9.59 Å². The maximum absolute atomic E-state index is 12.9. The molecule has 0 saturated carbocycles. The third kappa shape index (κ3) is 4.91. The van der Waals surface area contributed by atoms with Crippen molar-refractivity contribution in [2.75, 3.05) is 32.1 Å². The number of benzene rings is 2. The zero-order chi connectivity index (χ0) is 23.3. The average molecular weight is 455 g/mol. The van der Waals surface area contributed by atoms with Gasteiger partial charge in [0, 0.05) is 13.1 Å². The molecule has 0 aliphatic heterocycles. The van der Waals surface area contributed by atoms with Gasteiger partial charge in [0.25, 0.3) is 11.8 Å². The molecule has 0 spiro atoms. The molecule has 168 valence electrons. The number of methoxy groups -OCH3 is 1. The Morgan fingerprint density at radius 2 is 1.72 bits per heavy atom. The SMILES string of the molecule is CCN(CC)C(=O)c1sc(NC(=O)COc2ccc3ccccc3c2)c(C(=O)OC)c1C. The second kappa shape index (κ2) is 10.3. The molecule has 0 aliphatic rings. The molecule has 1 heterocycles. The van der Waals surface area contributed by atoms with E-state index in [4.69, 9.17) is 9.47 Å². The van der Waals surface area contributed by atoms with E-state index in [1.54, 1.807) is 17.9 Å². The summed E-state index contributed by atoms with van der Waals surface area (Å²) in [4.78, 5) is 39.9. The zero-order valence-corrected chi connectivity index (χ0v) is 19.4. The Bertz CT molecular complexity index is 1150. The fourth-order valence-electron chi connectivity index (χ4n) is 3.38. The van der Waals surface area contributed by atoms with Gasteiger partial charge in [0.05, 0.1) is 17.6 Å². The number of thiophene rings is 1. The highest BCUT2D eigenvalue weighted by atomic mass is 32.1. The standard InChI is InChI=1S/C24H26N2O5S/c1-5-26(6-2)23(28)21-15(3)20(24(29)30-4)22(32-21)25-19(27)14-31-18-12-11-16-9-7-8-10-17(16)13-18/h7-13H,5-6,14H2,1-4H3,(H,25,27). The zero-order valence-electron chi connectivity index (χ0n) is 18.6. The van der Waals surface area contributed by atoms with Crippen molar-refractivity contribution in [2.24, 2.45) is 0 Å². The summed E-state index contributed by atoms with van der Waals surface area (Å²) in [5, 5.41) is 5.06. The number of amides is 2. The van der Waals surface area contributed by atoms with Gasteiger partial charge in [-0.1, -0.05) is 30.3 Å². The Hall–Kier alpha value is -3.39. The molecule has 2 amide bonds. The van der Waals surface area contributed by atoms with Crippen molar-refractivity contribution in [3.05, 3.63) is 58.5 Å². The summed E-state index contributed by atoms with van der Waals surface area (Å²) >= 11 is 1.07. The van der Waals surface area contributed by atoms with E-state index in [1.165, 1.54) is 7.11 Å². The first-order valence-electron chi connectivity index (χ1n) is 10.3. The lowest BCUT2D eigenvalue weighted by Gasteiger charge is -2.17. The van der Waals surface area contributed by atoms with E-state index in [9.17, 15) is 14.4 Å². The summed E-state index contributed by atoms with van der Waals surface area (Å²) in [5.41, 5.74) is 0.677. The van der Waals surface area contributed by atoms with Crippen LogP contribution in [-0.2, 0) is 9.53 Å². The molecule has 0 bridgehead atoms. The van der Waals surface area contributed by atoms with Crippen molar-refractivity contribution in [1.29, 1.82) is 0 Å². The first-order chi connectivity index (χ1) is 15.4. The molecule has 1 N–H and O–H groups in total. The molecule has 0 atom stereocenters. The van der Waals surface area contributed by atoms with Crippen LogP contribution < -0.4 is 10.1 Å². The van der Waals surface area contributed by atoms with Crippen LogP contribution in [0, 0.1) is 6.92 Å². The Morgan fingerprint density at radius 1 is 1.03 bits per heavy atom. The molecule has 3 rings (SSSR count). The molecule has 0 aliphatic carbocycles. The molecule has 32 heavy (non-hydrogen) atoms. The summed E-state index contributed by atoms with van der Waals surface area (Å²) in [6, 6.07) is 13.4. The van der Waals surface area contributed by atoms with Crippen LogP contribution in [0.4, 0.5) is 5.00 Å². The molecule has 0 saturated heterocycles. The van der Waals surface area contributed by atoms with E-state index in [0.717, 1.165) is 22.1 Å². The smallest absolute Gasteiger partial charge is 0.341 e. The Morgan fingerprint density at radius 3 is 2.38 bits per heavy atom. The lowest BCUT2D eigenvalue weighted by Crippen LogP contribution is -2.30. The molecule has 0 fully saturated rings. The number of anilines is 1. The monoisotopic (exact) mass is 454 g/mol. The van der Waals surface area contributed by atoms with Crippen LogP contribution >= 0.6 is 11.3 Å². The van der Waals surface area contributed by atoms with Crippen molar-refractivity contribution >= 4 is 44.9 Å². The van der Waals surface area contributed by atoms with Gasteiger partial charge < -0.3 is 19.7 Å². The number of rotatable bonds is 8. The number of hydrogen-bond acceptors (Lipinski definition) is 6. The lowest BCUT2D eigenvalue weighted by atomic mass is 10.1. The minimum Gasteiger partial charge on any atom is -0.484 e. The van der Waals surface area contributed by atoms with Gasteiger partial charge in [-0.15, -0.1) is 11.3 Å². The number of ether oxygens (including phenoxy) is 2. The number of nitrogens with one attached hydrogen (secondary N) is 1. The minimum absolute atomic E-state index is 0.185. The predicted octanol–water partition coefficient (Wildman–Crippen LogP) is 4.50. The Labute approximate surface area is 190 Å². The summed E-state index contributed by atoms with van der Waals surface area (Å²) < 4.78 is 10.5. The summed E-state index contributed by atoms with van der Waals surface area (Å²) in [6.07, 6.45) is 0. The van der Waals surface area contributed by atoms with Crippen molar-refractivity contribution in [2.45, 2.75) is 20.8 Å². The number of esters is 1. The van der Waals surface area contributed by atoms with Crippen molar-refractivity contribution in [3.8, 4) is 5.75 Å². The van der Waals surface area contributed by atoms with E-state index in [2.05, 4.69) is 5.32 Å². The first-order valence-corrected chi connectivity index (χ1v) is 11.1. The van der Waals surface area contributed by atoms with Gasteiger partial charge in [-0.25, -0.2) is 4.79 Å². The maximum atomic E-state index is 12.9. The summed E-state index contributed by atoms with van der Waals surface area (Å²) in [5.74, 6) is -0.670. The summed E-state index contributed by atoms with van der Waals surface area (Å²) in [7, 11) is 1.26. The predicted molar refractivity (Wildman–Crippen MR) is 126 cm³/mol. The van der Waals surface area contributed by atoms with Gasteiger partial charge in [0.15, 0.2) is 6.61 Å². The van der Waals surface area contributed by atoms with Crippen LogP contribution in [0.15, 0.2) is 42.5 Å². The molecule has 3 aromatic rings. The number of fused-ring (bicyclic) bond motifs is 1. The van der Waals surface area contributed by atoms with Crippen molar-refractivity contribution < 1.29 is 23.9 Å². The topological polar surface area (TPSA) is 84.9 Å². The quantitative estimate of drug-likeness (QED) is 0.507. The molecule has 1 aromatic heterocycles. The second-order valence-electron chi connectivity index (χ2n) is 7.08. The van der Waals surface area contributed by atoms with Crippen molar-refractivity contribution in [1.82, 2.24) is 4.90 Å². The van der Waals surface area contributed by atoms with Crippen molar-refractivity contribution in [3.63, 3.8) is 0 Å². The normalized spacial score (nSPS) is 10.6. The molecular formula is C24H26N2O5S. The van der Waals surface area contributed by atoms with Crippen LogP contribution in [0.1, 0.15) is 39.4 Å². The molecular weight excluding hydrogens is 428 g/mol. The van der Waals surface area contributed by atoms with Crippen LogP contribution in [-0.4, -0.2) is 49.5 Å². The molecule has 7 nitrogen and oxygen atoms in total. The number of hydrogen-bond donors (Lipinski definition) is 1. The largest absolute Gasteiger partial charge is 0.484 e. The van der Waals surface area contributed by atoms with E-state index in [-0.39, 0.29) is 23.1 Å². The molecule has 0 unspecified atom stereocenters. The highest BCUT2D eigenvalue weighted by molar-refractivity contribution is 7.18. The van der Waals surface area contributed by atoms with E-state index < -0.39 is 11.9 Å². The fraction of sp³-hybridized carbons (Fsp3) is 0.292. The highest BCUT2D eigenvalue weighted by Gasteiger charge is 2.28. The highest BCUT2D eigenvalue weighted by Crippen LogP contribution is 2.34. The second-order valence-corrected chi connectivity index (χ2v) is 8.10. The third-order valence-electron chi connectivity index (χ3n) is 5.13. The van der Waals surface area contributed by atoms with E-state index in [1.807, 2.05) is 50.2 Å². The van der Waals surface area contributed by atoms with Gasteiger partial charge in [0.1, 0.15) is 10.8 Å². The molecule has 2 aromatic carbocycles. The lowest BCUT2D eigenvalue weighted by molar-refractivity contribution is -0.118. The van der Waals surface area contributed by atoms with E-state index in [0.29, 0.717) is 29.3 Å². The van der Waals surface area contributed by atoms with E-state index >= 15 is 0 Å². The van der Waals surface area contributed by atoms with Crippen LogP contribution in [0.5, 0.6) is 5.75 Å². The third-order valence-corrected chi connectivity index (χ3v) is 6.32. The van der Waals surface area contributed by atoms with Gasteiger partial charge in [0.2, 0.25) is 0 Å². The molecule has 0 radical (unpaired) electrons. The number of carbonyl (C=O) groups is 3. The van der Waals surface area contributed by atoms with Crippen LogP contribution in [0.3, 0.4) is 0 Å². The molecule has 8 heteroatoms. The van der Waals surface area contributed by atoms with Gasteiger partial charge in [-0.05, 0) is 49.2 Å². The average Bonchev–Trinajstić information content (AvgIpc) is 3.13. The van der Waals surface area contributed by atoms with Gasteiger partial charge in [-0.2, -0.15) is 0 Å². The fourth-order valence-corrected chi connectivity index (χ4v) is 4.56. The Balaban J connectivity index is 1.78. The van der Waals surface area contributed by atoms with Crippen LogP contribution in [0.2, 0.25) is 0 Å². The number of nitrogens with zero attached hydrogens (tertiary/aromatic N) is 1. The number of carbonyl (C=O) groups excluding carboxylic acids is 3. The van der Waals surface area contributed by atoms with Gasteiger partial charge >= 0.3 is 5.97 Å². The summed E-state index contributed by atoms with van der Waals surface area (Å²) in [6.45, 7) is 6.30.